The molecule has 5 heteroatoms. The number of methoxy groups -OCH3 is 1. The van der Waals surface area contributed by atoms with Gasteiger partial charge in [0.05, 0.1) is 13.2 Å². The third-order valence-electron chi connectivity index (χ3n) is 4.64. The second-order valence-electron chi connectivity index (χ2n) is 5.91. The van der Waals surface area contributed by atoms with Crippen LogP contribution < -0.4 is 10.5 Å². The first-order valence-corrected chi connectivity index (χ1v) is 8.13. The number of hydrogen-bond acceptors (Lipinski definition) is 4. The van der Waals surface area contributed by atoms with Crippen molar-refractivity contribution >= 4 is 11.6 Å². The number of benzene rings is 1. The number of halogens is 1. The summed E-state index contributed by atoms with van der Waals surface area (Å²) in [6, 6.07) is 6.78. The van der Waals surface area contributed by atoms with Gasteiger partial charge < -0.3 is 10.5 Å². The molecule has 1 saturated carbocycles. The van der Waals surface area contributed by atoms with E-state index in [0.29, 0.717) is 6.54 Å². The van der Waals surface area contributed by atoms with Crippen LogP contribution in [0.5, 0.6) is 5.75 Å². The fourth-order valence-corrected chi connectivity index (χ4v) is 3.61. The van der Waals surface area contributed by atoms with Crippen molar-refractivity contribution in [3.8, 4) is 5.75 Å². The number of nitrogens with zero attached hydrogens (tertiary/aromatic N) is 2. The lowest BCUT2D eigenvalue weighted by atomic mass is 10.0. The molecule has 4 nitrogen and oxygen atoms in total. The van der Waals surface area contributed by atoms with E-state index in [9.17, 15) is 0 Å². The van der Waals surface area contributed by atoms with Crippen LogP contribution in [0, 0.1) is 0 Å². The van der Waals surface area contributed by atoms with E-state index in [2.05, 4.69) is 9.80 Å². The zero-order chi connectivity index (χ0) is 14.8. The summed E-state index contributed by atoms with van der Waals surface area (Å²) in [6.45, 7) is 4.92. The first-order valence-electron chi connectivity index (χ1n) is 7.75. The Bertz CT molecular complexity index is 484. The van der Waals surface area contributed by atoms with Gasteiger partial charge in [0.15, 0.2) is 0 Å². The van der Waals surface area contributed by atoms with Crippen molar-refractivity contribution in [3.05, 3.63) is 28.8 Å². The Hall–Kier alpha value is -0.810. The monoisotopic (exact) mass is 309 g/mol. The Balaban J connectivity index is 1.76. The van der Waals surface area contributed by atoms with E-state index in [4.69, 9.17) is 22.1 Å². The smallest absolute Gasteiger partial charge is 0.125 e. The lowest BCUT2D eigenvalue weighted by Gasteiger charge is -2.39. The molecule has 1 atom stereocenters. The Morgan fingerprint density at radius 2 is 2.00 bits per heavy atom. The van der Waals surface area contributed by atoms with Gasteiger partial charge in [-0.05, 0) is 25.0 Å². The number of nitrogens with two attached hydrogens (primary N) is 1. The maximum atomic E-state index is 6.42. The average Bonchev–Trinajstić information content (AvgIpc) is 3.35. The van der Waals surface area contributed by atoms with Gasteiger partial charge in [-0.15, -0.1) is 0 Å². The number of rotatable bonds is 5. The normalized spacial score (nSPS) is 22.2. The van der Waals surface area contributed by atoms with Crippen LogP contribution in [0.2, 0.25) is 5.02 Å². The lowest BCUT2D eigenvalue weighted by Crippen LogP contribution is -2.49. The van der Waals surface area contributed by atoms with Gasteiger partial charge in [-0.3, -0.25) is 9.80 Å². The molecule has 0 aromatic heterocycles. The van der Waals surface area contributed by atoms with E-state index in [1.54, 1.807) is 7.11 Å². The van der Waals surface area contributed by atoms with Crippen molar-refractivity contribution in [1.29, 1.82) is 0 Å². The molecule has 1 unspecified atom stereocenters. The van der Waals surface area contributed by atoms with E-state index in [1.165, 1.54) is 12.8 Å². The van der Waals surface area contributed by atoms with Crippen molar-refractivity contribution in [2.45, 2.75) is 24.9 Å². The molecule has 1 aliphatic heterocycles. The van der Waals surface area contributed by atoms with Crippen LogP contribution in [0.25, 0.3) is 0 Å². The Morgan fingerprint density at radius 1 is 1.29 bits per heavy atom. The Kier molecular flexibility index (Phi) is 4.69. The molecule has 1 aliphatic carbocycles. The van der Waals surface area contributed by atoms with Crippen LogP contribution in [-0.4, -0.2) is 55.7 Å². The van der Waals surface area contributed by atoms with Crippen molar-refractivity contribution < 1.29 is 4.74 Å². The van der Waals surface area contributed by atoms with E-state index in [-0.39, 0.29) is 6.04 Å². The number of piperazine rings is 1. The van der Waals surface area contributed by atoms with Crippen molar-refractivity contribution in [3.63, 3.8) is 0 Å². The Labute approximate surface area is 131 Å². The second kappa shape index (κ2) is 6.53. The molecule has 116 valence electrons. The van der Waals surface area contributed by atoms with Gasteiger partial charge >= 0.3 is 0 Å². The minimum Gasteiger partial charge on any atom is -0.496 e. The zero-order valence-corrected chi connectivity index (χ0v) is 13.4. The first-order chi connectivity index (χ1) is 10.2. The highest BCUT2D eigenvalue weighted by molar-refractivity contribution is 6.31. The van der Waals surface area contributed by atoms with E-state index < -0.39 is 0 Å². The van der Waals surface area contributed by atoms with Gasteiger partial charge in [0.1, 0.15) is 5.75 Å². The molecule has 0 bridgehead atoms. The van der Waals surface area contributed by atoms with E-state index in [0.717, 1.165) is 48.6 Å². The van der Waals surface area contributed by atoms with Crippen LogP contribution >= 0.6 is 11.6 Å². The molecule has 1 heterocycles. The summed E-state index contributed by atoms with van der Waals surface area (Å²) >= 11 is 6.42. The number of ether oxygens (including phenoxy) is 1. The SMILES string of the molecule is COc1cccc(Cl)c1C(CN)N1CCN(C2CC2)CC1. The van der Waals surface area contributed by atoms with Gasteiger partial charge in [0, 0.05) is 49.4 Å². The van der Waals surface area contributed by atoms with E-state index in [1.807, 2.05) is 18.2 Å². The summed E-state index contributed by atoms with van der Waals surface area (Å²) in [7, 11) is 1.69. The molecule has 0 amide bonds. The minimum atomic E-state index is 0.134. The Morgan fingerprint density at radius 3 is 2.57 bits per heavy atom. The molecular weight excluding hydrogens is 286 g/mol. The van der Waals surface area contributed by atoms with Crippen LogP contribution in [0.4, 0.5) is 0 Å². The quantitative estimate of drug-likeness (QED) is 0.905. The zero-order valence-electron chi connectivity index (χ0n) is 12.6. The minimum absolute atomic E-state index is 0.134. The third kappa shape index (κ3) is 3.19. The van der Waals surface area contributed by atoms with Gasteiger partial charge in [-0.25, -0.2) is 0 Å². The van der Waals surface area contributed by atoms with Gasteiger partial charge in [-0.1, -0.05) is 17.7 Å². The summed E-state index contributed by atoms with van der Waals surface area (Å²) in [5.41, 5.74) is 7.10. The largest absolute Gasteiger partial charge is 0.496 e. The fourth-order valence-electron chi connectivity index (χ4n) is 3.32. The molecule has 2 aliphatic rings. The summed E-state index contributed by atoms with van der Waals surface area (Å²) in [6.07, 6.45) is 2.75. The molecule has 1 aromatic carbocycles. The highest BCUT2D eigenvalue weighted by Gasteiger charge is 2.33. The lowest BCUT2D eigenvalue weighted by molar-refractivity contribution is 0.0928. The highest BCUT2D eigenvalue weighted by Crippen LogP contribution is 2.36. The highest BCUT2D eigenvalue weighted by atomic mass is 35.5. The molecule has 2 N–H and O–H groups in total. The number of hydrogen-bond donors (Lipinski definition) is 1. The van der Waals surface area contributed by atoms with Gasteiger partial charge in [-0.2, -0.15) is 0 Å². The average molecular weight is 310 g/mol. The molecule has 21 heavy (non-hydrogen) atoms. The van der Waals surface area contributed by atoms with Gasteiger partial charge in [0.2, 0.25) is 0 Å². The van der Waals surface area contributed by atoms with Crippen molar-refractivity contribution in [2.24, 2.45) is 5.73 Å². The maximum absolute atomic E-state index is 6.42. The predicted molar refractivity (Wildman–Crippen MR) is 86.0 cm³/mol. The summed E-state index contributed by atoms with van der Waals surface area (Å²) in [5.74, 6) is 0.836. The molecule has 0 spiro atoms. The molecule has 0 radical (unpaired) electrons. The molecule has 1 aromatic rings. The van der Waals surface area contributed by atoms with Crippen molar-refractivity contribution in [2.75, 3.05) is 39.8 Å². The topological polar surface area (TPSA) is 41.7 Å². The second-order valence-corrected chi connectivity index (χ2v) is 6.32. The van der Waals surface area contributed by atoms with E-state index >= 15 is 0 Å². The molecule has 3 rings (SSSR count). The standard InChI is InChI=1S/C16H24ClN3O/c1-21-15-4-2-3-13(17)16(15)14(11-18)20-9-7-19(8-10-20)12-5-6-12/h2-4,12,14H,5-11,18H2,1H3. The molecular formula is C16H24ClN3O. The van der Waals surface area contributed by atoms with Crippen LogP contribution in [0.3, 0.4) is 0 Å². The predicted octanol–water partition coefficient (Wildman–Crippen LogP) is 2.13. The van der Waals surface area contributed by atoms with Crippen LogP contribution in [0.15, 0.2) is 18.2 Å². The third-order valence-corrected chi connectivity index (χ3v) is 4.97. The molecule has 1 saturated heterocycles. The maximum Gasteiger partial charge on any atom is 0.125 e. The van der Waals surface area contributed by atoms with Crippen LogP contribution in [0.1, 0.15) is 24.4 Å². The molecule has 2 fully saturated rings. The van der Waals surface area contributed by atoms with Crippen molar-refractivity contribution in [1.82, 2.24) is 9.80 Å². The van der Waals surface area contributed by atoms with Crippen LogP contribution in [-0.2, 0) is 0 Å². The van der Waals surface area contributed by atoms with Gasteiger partial charge in [0.25, 0.3) is 0 Å². The first kappa shape index (κ1) is 15.1. The summed E-state index contributed by atoms with van der Waals surface area (Å²) in [4.78, 5) is 5.05. The summed E-state index contributed by atoms with van der Waals surface area (Å²) in [5, 5.41) is 0.745. The fraction of sp³-hybridized carbons (Fsp3) is 0.625. The summed E-state index contributed by atoms with van der Waals surface area (Å²) < 4.78 is 5.49.